The topological polar surface area (TPSA) is 131 Å². The maximum absolute atomic E-state index is 13.4. The number of para-hydroxylation sites is 1. The average molecular weight is 527 g/mol. The molecule has 0 radical (unpaired) electrons. The van der Waals surface area contributed by atoms with E-state index in [4.69, 9.17) is 15.8 Å². The molecule has 1 fully saturated rings. The fraction of sp³-hybridized carbons (Fsp3) is 0.333. The van der Waals surface area contributed by atoms with Crippen LogP contribution in [0.4, 0.5) is 5.69 Å². The molecule has 0 aliphatic heterocycles. The van der Waals surface area contributed by atoms with Crippen molar-refractivity contribution in [2.75, 3.05) is 11.5 Å². The van der Waals surface area contributed by atoms with Crippen LogP contribution in [0.25, 0.3) is 0 Å². The van der Waals surface area contributed by atoms with Gasteiger partial charge in [-0.15, -0.1) is 10.2 Å². The summed E-state index contributed by atoms with van der Waals surface area (Å²) in [6, 6.07) is 24.6. The highest BCUT2D eigenvalue weighted by Crippen LogP contribution is 2.33. The lowest BCUT2D eigenvalue weighted by Crippen LogP contribution is -2.32. The van der Waals surface area contributed by atoms with Crippen LogP contribution >= 0.6 is 0 Å². The summed E-state index contributed by atoms with van der Waals surface area (Å²) in [5, 5.41) is 8.52. The summed E-state index contributed by atoms with van der Waals surface area (Å²) in [5.41, 5.74) is 17.3. The lowest BCUT2D eigenvalue weighted by atomic mass is 9.84. The van der Waals surface area contributed by atoms with Crippen molar-refractivity contribution < 1.29 is 14.3 Å². The number of carbonyl (C=O) groups excluding carboxylic acids is 2. The third-order valence-corrected chi connectivity index (χ3v) is 6.97. The van der Waals surface area contributed by atoms with E-state index in [-0.39, 0.29) is 18.9 Å². The second-order valence-corrected chi connectivity index (χ2v) is 9.62. The zero-order chi connectivity index (χ0) is 27.5. The molecule has 2 amide bonds. The maximum atomic E-state index is 13.4. The molecule has 0 aromatic heterocycles. The molecule has 3 N–H and O–H groups in total. The van der Waals surface area contributed by atoms with Gasteiger partial charge >= 0.3 is 0 Å². The number of hydrogen-bond donors (Lipinski definition) is 3. The first kappa shape index (κ1) is 27.6. The Hall–Kier alpha value is -4.40. The van der Waals surface area contributed by atoms with Crippen LogP contribution in [0.5, 0.6) is 5.75 Å². The number of benzene rings is 3. The van der Waals surface area contributed by atoms with Crippen LogP contribution in [0.3, 0.4) is 0 Å². The zero-order valence-electron chi connectivity index (χ0n) is 21.9. The highest BCUT2D eigenvalue weighted by Gasteiger charge is 2.20. The number of carbonyl (C=O) groups is 2. The van der Waals surface area contributed by atoms with Gasteiger partial charge in [-0.25, -0.2) is 11.1 Å². The lowest BCUT2D eigenvalue weighted by molar-refractivity contribution is -0.119. The highest BCUT2D eigenvalue weighted by molar-refractivity contribution is 5.95. The second-order valence-electron chi connectivity index (χ2n) is 9.62. The van der Waals surface area contributed by atoms with Crippen molar-refractivity contribution in [2.24, 2.45) is 10.2 Å². The van der Waals surface area contributed by atoms with Gasteiger partial charge in [0, 0.05) is 11.3 Å². The van der Waals surface area contributed by atoms with Crippen molar-refractivity contribution in [3.8, 4) is 5.75 Å². The van der Waals surface area contributed by atoms with E-state index in [1.165, 1.54) is 37.7 Å². The molecule has 202 valence electrons. The van der Waals surface area contributed by atoms with E-state index in [9.17, 15) is 9.59 Å². The van der Waals surface area contributed by atoms with Crippen LogP contribution in [-0.4, -0.2) is 24.7 Å². The van der Waals surface area contributed by atoms with Gasteiger partial charge in [-0.2, -0.15) is 0 Å². The van der Waals surface area contributed by atoms with E-state index >= 15 is 0 Å². The SMILES string of the molecule is N=NC(N=N)NC(=O)c1ccc(CN(C(=O)CCOc2ccccc2)c2ccc(C3CCCCC3)cc2)cc1. The molecule has 0 spiro atoms. The lowest BCUT2D eigenvalue weighted by Gasteiger charge is -2.25. The maximum Gasteiger partial charge on any atom is 0.254 e. The third kappa shape index (κ3) is 7.80. The van der Waals surface area contributed by atoms with E-state index in [1.807, 2.05) is 42.5 Å². The molecular weight excluding hydrogens is 492 g/mol. The normalized spacial score (nSPS) is 14.2. The molecular formula is C30H34N6O3. The fourth-order valence-corrected chi connectivity index (χ4v) is 4.83. The molecule has 0 bridgehead atoms. The van der Waals surface area contributed by atoms with Crippen molar-refractivity contribution in [3.63, 3.8) is 0 Å². The summed E-state index contributed by atoms with van der Waals surface area (Å²) in [5.74, 6) is 0.763. The molecule has 0 saturated heterocycles. The van der Waals surface area contributed by atoms with Gasteiger partial charge in [0.25, 0.3) is 12.2 Å². The first-order chi connectivity index (χ1) is 19.1. The summed E-state index contributed by atoms with van der Waals surface area (Å²) in [6.45, 7) is 0.601. The number of nitrogens with zero attached hydrogens (tertiary/aromatic N) is 3. The van der Waals surface area contributed by atoms with E-state index in [0.717, 1.165) is 17.0 Å². The summed E-state index contributed by atoms with van der Waals surface area (Å²) in [7, 11) is 0. The van der Waals surface area contributed by atoms with Gasteiger partial charge in [0.2, 0.25) is 5.91 Å². The van der Waals surface area contributed by atoms with Crippen LogP contribution in [-0.2, 0) is 11.3 Å². The molecule has 39 heavy (non-hydrogen) atoms. The molecule has 0 heterocycles. The first-order valence-electron chi connectivity index (χ1n) is 13.3. The monoisotopic (exact) mass is 526 g/mol. The number of rotatable bonds is 12. The number of amides is 2. The van der Waals surface area contributed by atoms with Crippen molar-refractivity contribution in [3.05, 3.63) is 95.6 Å². The Bertz CT molecular complexity index is 1230. The Morgan fingerprint density at radius 2 is 1.56 bits per heavy atom. The van der Waals surface area contributed by atoms with Crippen LogP contribution in [0.15, 0.2) is 89.1 Å². The predicted octanol–water partition coefficient (Wildman–Crippen LogP) is 6.81. The van der Waals surface area contributed by atoms with Gasteiger partial charge in [0.1, 0.15) is 5.75 Å². The van der Waals surface area contributed by atoms with Crippen molar-refractivity contribution in [2.45, 2.75) is 57.3 Å². The number of anilines is 1. The van der Waals surface area contributed by atoms with Gasteiger partial charge in [0.05, 0.1) is 19.6 Å². The number of nitrogens with one attached hydrogen (secondary N) is 3. The Morgan fingerprint density at radius 1 is 0.897 bits per heavy atom. The fourth-order valence-electron chi connectivity index (χ4n) is 4.83. The van der Waals surface area contributed by atoms with Crippen molar-refractivity contribution in [1.29, 1.82) is 11.1 Å². The third-order valence-electron chi connectivity index (χ3n) is 6.97. The van der Waals surface area contributed by atoms with Crippen LogP contribution in [0.2, 0.25) is 0 Å². The quantitative estimate of drug-likeness (QED) is 0.224. The molecule has 9 heteroatoms. The molecule has 1 saturated carbocycles. The van der Waals surface area contributed by atoms with Gasteiger partial charge in [0.15, 0.2) is 0 Å². The van der Waals surface area contributed by atoms with Crippen LogP contribution < -0.4 is 15.0 Å². The number of ether oxygens (including phenoxy) is 1. The predicted molar refractivity (Wildman–Crippen MR) is 148 cm³/mol. The van der Waals surface area contributed by atoms with Crippen molar-refractivity contribution in [1.82, 2.24) is 5.32 Å². The largest absolute Gasteiger partial charge is 0.493 e. The summed E-state index contributed by atoms with van der Waals surface area (Å²) in [4.78, 5) is 27.5. The van der Waals surface area contributed by atoms with Crippen LogP contribution in [0, 0.1) is 11.1 Å². The minimum absolute atomic E-state index is 0.0601. The number of hydrogen-bond acceptors (Lipinski definition) is 7. The minimum atomic E-state index is -1.24. The van der Waals surface area contributed by atoms with Crippen molar-refractivity contribution >= 4 is 17.5 Å². The highest BCUT2D eigenvalue weighted by atomic mass is 16.5. The van der Waals surface area contributed by atoms with Crippen LogP contribution in [0.1, 0.15) is 65.9 Å². The summed E-state index contributed by atoms with van der Waals surface area (Å²) < 4.78 is 5.77. The first-order valence-corrected chi connectivity index (χ1v) is 13.3. The molecule has 1 aliphatic rings. The second kappa shape index (κ2) is 13.9. The van der Waals surface area contributed by atoms with E-state index in [1.54, 1.807) is 29.2 Å². The Morgan fingerprint density at radius 3 is 2.21 bits per heavy atom. The van der Waals surface area contributed by atoms with Gasteiger partial charge < -0.3 is 15.0 Å². The smallest absolute Gasteiger partial charge is 0.254 e. The van der Waals surface area contributed by atoms with E-state index in [2.05, 4.69) is 27.7 Å². The standard InChI is InChI=1S/C30H34N6O3/c31-34-30(35-32)33-29(38)25-13-11-22(12-14-25)21-36(28(37)19-20-39-27-9-5-2-6-10-27)26-17-15-24(16-18-26)23-7-3-1-4-8-23/h2,5-6,9-18,23,30-32H,1,3-4,7-8,19-21H2,(H,33,38). The summed E-state index contributed by atoms with van der Waals surface area (Å²) >= 11 is 0. The zero-order valence-corrected chi connectivity index (χ0v) is 21.9. The van der Waals surface area contributed by atoms with Gasteiger partial charge in [-0.3, -0.25) is 9.59 Å². The molecule has 0 unspecified atom stereocenters. The molecule has 3 aromatic rings. The minimum Gasteiger partial charge on any atom is -0.493 e. The Kier molecular flexibility index (Phi) is 9.88. The molecule has 1 aliphatic carbocycles. The van der Waals surface area contributed by atoms with E-state index in [0.29, 0.717) is 18.0 Å². The summed E-state index contributed by atoms with van der Waals surface area (Å²) in [6.07, 6.45) is 5.25. The Balaban J connectivity index is 1.47. The molecule has 4 rings (SSSR count). The Labute approximate surface area is 228 Å². The molecule has 0 atom stereocenters. The molecule has 9 nitrogen and oxygen atoms in total. The average Bonchev–Trinajstić information content (AvgIpc) is 3.00. The van der Waals surface area contributed by atoms with Gasteiger partial charge in [-0.05, 0) is 66.3 Å². The van der Waals surface area contributed by atoms with Gasteiger partial charge in [-0.1, -0.05) is 61.7 Å². The van der Waals surface area contributed by atoms with E-state index < -0.39 is 12.2 Å². The molecule has 3 aromatic carbocycles.